The van der Waals surface area contributed by atoms with Gasteiger partial charge in [0.15, 0.2) is 0 Å². The van der Waals surface area contributed by atoms with E-state index in [1.807, 2.05) is 18.2 Å². The standard InChI is InChI=1S/C16H18BrClN2/c1-20(2)11-12-4-3-5-15(8-12)19-10-13-9-14(17)6-7-16(13)18/h3-9,19H,10-11H2,1-2H3. The first-order chi connectivity index (χ1) is 9.54. The summed E-state index contributed by atoms with van der Waals surface area (Å²) in [5.41, 5.74) is 3.49. The predicted molar refractivity (Wildman–Crippen MR) is 90.3 cm³/mol. The van der Waals surface area contributed by atoms with Crippen LogP contribution in [0.1, 0.15) is 11.1 Å². The van der Waals surface area contributed by atoms with Crippen LogP contribution in [0.2, 0.25) is 5.02 Å². The van der Waals surface area contributed by atoms with Crippen LogP contribution in [0.5, 0.6) is 0 Å². The second-order valence-corrected chi connectivity index (χ2v) is 6.35. The van der Waals surface area contributed by atoms with E-state index in [9.17, 15) is 0 Å². The van der Waals surface area contributed by atoms with Crippen molar-refractivity contribution < 1.29 is 0 Å². The average Bonchev–Trinajstić information content (AvgIpc) is 2.39. The molecule has 2 aromatic rings. The topological polar surface area (TPSA) is 15.3 Å². The molecule has 2 rings (SSSR count). The van der Waals surface area contributed by atoms with Crippen LogP contribution in [-0.2, 0) is 13.1 Å². The zero-order valence-electron chi connectivity index (χ0n) is 11.7. The third-order valence-corrected chi connectivity index (χ3v) is 3.78. The molecule has 0 aliphatic heterocycles. The lowest BCUT2D eigenvalue weighted by atomic mass is 10.1. The van der Waals surface area contributed by atoms with E-state index >= 15 is 0 Å². The van der Waals surface area contributed by atoms with Gasteiger partial charge in [0.25, 0.3) is 0 Å². The largest absolute Gasteiger partial charge is 0.381 e. The van der Waals surface area contributed by atoms with E-state index in [0.29, 0.717) is 6.54 Å². The Bertz CT molecular complexity index is 584. The summed E-state index contributed by atoms with van der Waals surface area (Å²) in [6.07, 6.45) is 0. The first-order valence-corrected chi connectivity index (χ1v) is 7.63. The molecule has 20 heavy (non-hydrogen) atoms. The molecule has 0 aliphatic rings. The molecule has 0 heterocycles. The third kappa shape index (κ3) is 4.51. The fourth-order valence-electron chi connectivity index (χ4n) is 2.02. The van der Waals surface area contributed by atoms with Crippen molar-refractivity contribution in [3.8, 4) is 0 Å². The molecule has 0 aromatic heterocycles. The van der Waals surface area contributed by atoms with Crippen LogP contribution in [0.3, 0.4) is 0 Å². The maximum Gasteiger partial charge on any atom is 0.0456 e. The van der Waals surface area contributed by atoms with Crippen molar-refractivity contribution >= 4 is 33.2 Å². The molecule has 0 atom stereocenters. The number of nitrogens with zero attached hydrogens (tertiary/aromatic N) is 1. The van der Waals surface area contributed by atoms with Gasteiger partial charge in [-0.25, -0.2) is 0 Å². The lowest BCUT2D eigenvalue weighted by molar-refractivity contribution is 0.402. The first-order valence-electron chi connectivity index (χ1n) is 6.46. The van der Waals surface area contributed by atoms with E-state index in [2.05, 4.69) is 64.5 Å². The van der Waals surface area contributed by atoms with Crippen LogP contribution < -0.4 is 5.32 Å². The van der Waals surface area contributed by atoms with E-state index in [1.54, 1.807) is 0 Å². The highest BCUT2D eigenvalue weighted by Gasteiger charge is 2.02. The van der Waals surface area contributed by atoms with Gasteiger partial charge in [0.05, 0.1) is 0 Å². The highest BCUT2D eigenvalue weighted by atomic mass is 79.9. The van der Waals surface area contributed by atoms with Crippen molar-refractivity contribution in [3.05, 3.63) is 63.1 Å². The van der Waals surface area contributed by atoms with Crippen molar-refractivity contribution in [2.45, 2.75) is 13.1 Å². The number of hydrogen-bond acceptors (Lipinski definition) is 2. The van der Waals surface area contributed by atoms with E-state index in [4.69, 9.17) is 11.6 Å². The maximum atomic E-state index is 6.20. The Morgan fingerprint density at radius 1 is 1.15 bits per heavy atom. The average molecular weight is 354 g/mol. The number of benzene rings is 2. The smallest absolute Gasteiger partial charge is 0.0456 e. The molecule has 0 saturated heterocycles. The van der Waals surface area contributed by atoms with E-state index in [1.165, 1.54) is 5.56 Å². The summed E-state index contributed by atoms with van der Waals surface area (Å²) >= 11 is 9.66. The number of rotatable bonds is 5. The maximum absolute atomic E-state index is 6.20. The Hall–Kier alpha value is -1.03. The van der Waals surface area contributed by atoms with Gasteiger partial charge in [-0.2, -0.15) is 0 Å². The van der Waals surface area contributed by atoms with Gasteiger partial charge in [0.2, 0.25) is 0 Å². The minimum Gasteiger partial charge on any atom is -0.381 e. The quantitative estimate of drug-likeness (QED) is 0.832. The van der Waals surface area contributed by atoms with Gasteiger partial charge < -0.3 is 10.2 Å². The Morgan fingerprint density at radius 3 is 2.70 bits per heavy atom. The summed E-state index contributed by atoms with van der Waals surface area (Å²) in [5, 5.41) is 4.20. The molecule has 1 N–H and O–H groups in total. The van der Waals surface area contributed by atoms with Crippen LogP contribution in [0, 0.1) is 0 Å². The highest BCUT2D eigenvalue weighted by molar-refractivity contribution is 9.10. The van der Waals surface area contributed by atoms with Gasteiger partial charge in [-0.05, 0) is 55.6 Å². The number of nitrogens with one attached hydrogen (secondary N) is 1. The molecule has 0 spiro atoms. The highest BCUT2D eigenvalue weighted by Crippen LogP contribution is 2.22. The summed E-state index contributed by atoms with van der Waals surface area (Å²) < 4.78 is 1.04. The molecule has 0 fully saturated rings. The summed E-state index contributed by atoms with van der Waals surface area (Å²) in [6.45, 7) is 1.65. The van der Waals surface area contributed by atoms with Gasteiger partial charge in [-0.1, -0.05) is 39.7 Å². The monoisotopic (exact) mass is 352 g/mol. The summed E-state index contributed by atoms with van der Waals surface area (Å²) in [7, 11) is 4.14. The van der Waals surface area contributed by atoms with E-state index in [-0.39, 0.29) is 0 Å². The SMILES string of the molecule is CN(C)Cc1cccc(NCc2cc(Br)ccc2Cl)c1. The van der Waals surface area contributed by atoms with Crippen LogP contribution in [0.4, 0.5) is 5.69 Å². The lowest BCUT2D eigenvalue weighted by Crippen LogP contribution is -2.10. The Kier molecular flexibility index (Phi) is 5.46. The van der Waals surface area contributed by atoms with Gasteiger partial charge in [0, 0.05) is 28.3 Å². The zero-order chi connectivity index (χ0) is 14.5. The number of halogens is 2. The normalized spacial score (nSPS) is 10.8. The van der Waals surface area contributed by atoms with Crippen molar-refractivity contribution in [2.24, 2.45) is 0 Å². The predicted octanol–water partition coefficient (Wildman–Crippen LogP) is 4.78. The van der Waals surface area contributed by atoms with Gasteiger partial charge >= 0.3 is 0 Å². The molecule has 0 saturated carbocycles. The zero-order valence-corrected chi connectivity index (χ0v) is 14.0. The Morgan fingerprint density at radius 2 is 1.95 bits per heavy atom. The Labute approximate surface area is 133 Å². The third-order valence-electron chi connectivity index (χ3n) is 2.92. The fraction of sp³-hybridized carbons (Fsp3) is 0.250. The van der Waals surface area contributed by atoms with Crippen LogP contribution in [0.25, 0.3) is 0 Å². The molecule has 2 aromatic carbocycles. The van der Waals surface area contributed by atoms with Crippen LogP contribution in [-0.4, -0.2) is 19.0 Å². The molecule has 0 unspecified atom stereocenters. The molecule has 0 bridgehead atoms. The van der Waals surface area contributed by atoms with Gasteiger partial charge in [-0.15, -0.1) is 0 Å². The molecule has 0 amide bonds. The van der Waals surface area contributed by atoms with Gasteiger partial charge in [0.1, 0.15) is 0 Å². The van der Waals surface area contributed by atoms with Crippen molar-refractivity contribution in [3.63, 3.8) is 0 Å². The number of anilines is 1. The van der Waals surface area contributed by atoms with Crippen molar-refractivity contribution in [1.29, 1.82) is 0 Å². The van der Waals surface area contributed by atoms with Crippen molar-refractivity contribution in [1.82, 2.24) is 4.90 Å². The van der Waals surface area contributed by atoms with Crippen LogP contribution >= 0.6 is 27.5 Å². The second kappa shape index (κ2) is 7.11. The minimum atomic E-state index is 0.712. The fourth-order valence-corrected chi connectivity index (χ4v) is 2.61. The Balaban J connectivity index is 2.05. The second-order valence-electron chi connectivity index (χ2n) is 5.03. The molecular formula is C16H18BrClN2. The molecule has 2 nitrogen and oxygen atoms in total. The molecule has 106 valence electrons. The van der Waals surface area contributed by atoms with Crippen LogP contribution in [0.15, 0.2) is 46.9 Å². The molecule has 0 radical (unpaired) electrons. The lowest BCUT2D eigenvalue weighted by Gasteiger charge is -2.12. The molecule has 4 heteroatoms. The van der Waals surface area contributed by atoms with Gasteiger partial charge in [-0.3, -0.25) is 0 Å². The van der Waals surface area contributed by atoms with E-state index in [0.717, 1.165) is 27.3 Å². The first kappa shape index (κ1) is 15.4. The summed E-state index contributed by atoms with van der Waals surface area (Å²) in [5.74, 6) is 0. The van der Waals surface area contributed by atoms with E-state index < -0.39 is 0 Å². The summed E-state index contributed by atoms with van der Waals surface area (Å²) in [6, 6.07) is 14.4. The minimum absolute atomic E-state index is 0.712. The molecular weight excluding hydrogens is 336 g/mol. The number of hydrogen-bond donors (Lipinski definition) is 1. The van der Waals surface area contributed by atoms with Crippen molar-refractivity contribution in [2.75, 3.05) is 19.4 Å². The summed E-state index contributed by atoms with van der Waals surface area (Å²) in [4.78, 5) is 2.16. The molecule has 0 aliphatic carbocycles.